The van der Waals surface area contributed by atoms with Crippen molar-refractivity contribution >= 4 is 28.9 Å². The molecule has 1 fully saturated rings. The van der Waals surface area contributed by atoms with Crippen LogP contribution in [0.2, 0.25) is 0 Å². The fourth-order valence-electron chi connectivity index (χ4n) is 3.65. The van der Waals surface area contributed by atoms with Crippen LogP contribution >= 0.6 is 0 Å². The van der Waals surface area contributed by atoms with Crippen LogP contribution in [0.5, 0.6) is 11.5 Å². The zero-order valence-corrected chi connectivity index (χ0v) is 15.2. The van der Waals surface area contributed by atoms with Gasteiger partial charge in [-0.15, -0.1) is 0 Å². The molecule has 2 amide bonds. The highest BCUT2D eigenvalue weighted by Gasteiger charge is 2.36. The molecule has 2 heterocycles. The predicted octanol–water partition coefficient (Wildman–Crippen LogP) is 2.88. The van der Waals surface area contributed by atoms with Gasteiger partial charge < -0.3 is 25.0 Å². The molecule has 0 saturated carbocycles. The molecule has 0 spiro atoms. The topological polar surface area (TPSA) is 79.9 Å². The van der Waals surface area contributed by atoms with E-state index in [-0.39, 0.29) is 17.9 Å². The van der Waals surface area contributed by atoms with Crippen molar-refractivity contribution < 1.29 is 19.1 Å². The van der Waals surface area contributed by atoms with Gasteiger partial charge in [0, 0.05) is 36.0 Å². The number of fused-ring (bicyclic) bond motifs is 3. The monoisotopic (exact) mass is 367 g/mol. The van der Waals surface area contributed by atoms with Gasteiger partial charge in [0.1, 0.15) is 17.5 Å². The molecule has 1 atom stereocenters. The summed E-state index contributed by atoms with van der Waals surface area (Å²) in [6.45, 7) is 0.861. The molecule has 7 nitrogen and oxygen atoms in total. The molecule has 2 N–H and O–H groups in total. The molecule has 0 radical (unpaired) electrons. The molecular formula is C20H21N3O4. The second-order valence-electron chi connectivity index (χ2n) is 6.63. The first kappa shape index (κ1) is 17.2. The highest BCUT2D eigenvalue weighted by atomic mass is 16.5. The van der Waals surface area contributed by atoms with Gasteiger partial charge in [0.05, 0.1) is 25.6 Å². The lowest BCUT2D eigenvalue weighted by atomic mass is 10.1. The van der Waals surface area contributed by atoms with Crippen molar-refractivity contribution in [2.24, 2.45) is 0 Å². The first-order chi connectivity index (χ1) is 13.1. The van der Waals surface area contributed by atoms with Crippen molar-refractivity contribution in [1.82, 2.24) is 0 Å². The van der Waals surface area contributed by atoms with Crippen LogP contribution in [0.4, 0.5) is 17.1 Å². The van der Waals surface area contributed by atoms with E-state index >= 15 is 0 Å². The number of hydrogen-bond acceptors (Lipinski definition) is 5. The number of benzene rings is 2. The zero-order valence-electron chi connectivity index (χ0n) is 15.2. The normalized spacial score (nSPS) is 17.6. The van der Waals surface area contributed by atoms with E-state index in [1.165, 1.54) is 0 Å². The highest BCUT2D eigenvalue weighted by molar-refractivity contribution is 6.09. The Morgan fingerprint density at radius 1 is 1.15 bits per heavy atom. The van der Waals surface area contributed by atoms with E-state index in [2.05, 4.69) is 15.5 Å². The number of nitrogens with one attached hydrogen (secondary N) is 2. The number of carbonyl (C=O) groups excluding carboxylic acids is 2. The quantitative estimate of drug-likeness (QED) is 0.869. The summed E-state index contributed by atoms with van der Waals surface area (Å²) in [6, 6.07) is 10.5. The number of ether oxygens (including phenoxy) is 2. The fraction of sp³-hybridized carbons (Fsp3) is 0.300. The van der Waals surface area contributed by atoms with E-state index in [9.17, 15) is 9.59 Å². The van der Waals surface area contributed by atoms with Gasteiger partial charge in [0.2, 0.25) is 5.91 Å². The minimum absolute atomic E-state index is 0.00455. The summed E-state index contributed by atoms with van der Waals surface area (Å²) < 4.78 is 10.5. The van der Waals surface area contributed by atoms with Crippen LogP contribution < -0.4 is 25.0 Å². The van der Waals surface area contributed by atoms with Gasteiger partial charge in [0.25, 0.3) is 5.91 Å². The van der Waals surface area contributed by atoms with E-state index in [1.807, 2.05) is 6.07 Å². The Kier molecular flexibility index (Phi) is 4.35. The van der Waals surface area contributed by atoms with Gasteiger partial charge in [-0.3, -0.25) is 9.59 Å². The van der Waals surface area contributed by atoms with Gasteiger partial charge >= 0.3 is 0 Å². The van der Waals surface area contributed by atoms with E-state index < -0.39 is 0 Å². The Hall–Kier alpha value is -3.22. The van der Waals surface area contributed by atoms with Crippen LogP contribution in [0.15, 0.2) is 36.4 Å². The molecule has 0 unspecified atom stereocenters. The highest BCUT2D eigenvalue weighted by Crippen LogP contribution is 2.37. The first-order valence-electron chi connectivity index (χ1n) is 8.85. The summed E-state index contributed by atoms with van der Waals surface area (Å²) in [7, 11) is 3.11. The number of rotatable bonds is 4. The molecular weight excluding hydrogens is 346 g/mol. The van der Waals surface area contributed by atoms with Gasteiger partial charge in [-0.25, -0.2) is 0 Å². The summed E-state index contributed by atoms with van der Waals surface area (Å²) in [6.07, 6.45) is 1.86. The van der Waals surface area contributed by atoms with Gasteiger partial charge in [-0.1, -0.05) is 0 Å². The number of hydrogen-bond donors (Lipinski definition) is 2. The molecule has 0 aromatic heterocycles. The maximum atomic E-state index is 12.7. The maximum absolute atomic E-state index is 12.7. The van der Waals surface area contributed by atoms with Crippen LogP contribution in [-0.4, -0.2) is 38.6 Å². The van der Waals surface area contributed by atoms with Gasteiger partial charge in [-0.2, -0.15) is 0 Å². The minimum Gasteiger partial charge on any atom is -0.497 e. The van der Waals surface area contributed by atoms with Crippen molar-refractivity contribution in [3.05, 3.63) is 42.0 Å². The Morgan fingerprint density at radius 2 is 1.89 bits per heavy atom. The molecule has 1 saturated heterocycles. The van der Waals surface area contributed by atoms with Crippen molar-refractivity contribution in [2.45, 2.75) is 18.9 Å². The van der Waals surface area contributed by atoms with E-state index in [4.69, 9.17) is 9.47 Å². The lowest BCUT2D eigenvalue weighted by molar-refractivity contribution is -0.117. The third kappa shape index (κ3) is 3.16. The van der Waals surface area contributed by atoms with E-state index in [0.717, 1.165) is 25.1 Å². The molecule has 7 heteroatoms. The van der Waals surface area contributed by atoms with Crippen LogP contribution in [0.25, 0.3) is 0 Å². The molecule has 4 rings (SSSR count). The van der Waals surface area contributed by atoms with Crippen molar-refractivity contribution in [2.75, 3.05) is 36.3 Å². The largest absolute Gasteiger partial charge is 0.497 e. The molecule has 0 bridgehead atoms. The lowest BCUT2D eigenvalue weighted by Gasteiger charge is -2.33. The van der Waals surface area contributed by atoms with Crippen molar-refractivity contribution in [3.63, 3.8) is 0 Å². The van der Waals surface area contributed by atoms with Gasteiger partial charge in [0.15, 0.2) is 0 Å². The molecule has 2 aromatic carbocycles. The number of methoxy groups -OCH3 is 2. The molecule has 2 aliphatic rings. The summed E-state index contributed by atoms with van der Waals surface area (Å²) in [5, 5.41) is 5.77. The summed E-state index contributed by atoms with van der Waals surface area (Å²) in [5.41, 5.74) is 2.68. The maximum Gasteiger partial charge on any atom is 0.255 e. The van der Waals surface area contributed by atoms with Crippen LogP contribution in [0, 0.1) is 0 Å². The average Bonchev–Trinajstić information content (AvgIpc) is 3.18. The van der Waals surface area contributed by atoms with E-state index in [1.54, 1.807) is 44.6 Å². The fourth-order valence-corrected chi connectivity index (χ4v) is 3.65. The molecule has 140 valence electrons. The van der Waals surface area contributed by atoms with Gasteiger partial charge in [-0.05, 0) is 31.0 Å². The van der Waals surface area contributed by atoms with Crippen LogP contribution in [-0.2, 0) is 4.79 Å². The molecule has 0 aliphatic carbocycles. The summed E-state index contributed by atoms with van der Waals surface area (Å²) in [4.78, 5) is 27.1. The second kappa shape index (κ2) is 6.83. The Bertz CT molecular complexity index is 890. The standard InChI is InChI=1S/C20H21N3O4/c1-26-14-9-13(10-15(11-14)27-2)21-19(24)12-5-6-17-16(8-12)22-20(25)18-4-3-7-23(17)18/h5-6,8-11,18H,3-4,7H2,1-2H3,(H,21,24)(H,22,25)/t18-/m1/s1. The summed E-state index contributed by atoms with van der Waals surface area (Å²) in [5.74, 6) is 0.894. The molecule has 27 heavy (non-hydrogen) atoms. The Balaban J connectivity index is 1.59. The molecule has 2 aliphatic heterocycles. The third-order valence-corrected chi connectivity index (χ3v) is 4.99. The predicted molar refractivity (Wildman–Crippen MR) is 103 cm³/mol. The number of amides is 2. The second-order valence-corrected chi connectivity index (χ2v) is 6.63. The number of anilines is 3. The number of carbonyl (C=O) groups is 2. The summed E-state index contributed by atoms with van der Waals surface area (Å²) >= 11 is 0. The zero-order chi connectivity index (χ0) is 19.0. The first-order valence-corrected chi connectivity index (χ1v) is 8.85. The van der Waals surface area contributed by atoms with Crippen LogP contribution in [0.3, 0.4) is 0 Å². The van der Waals surface area contributed by atoms with Crippen molar-refractivity contribution in [1.29, 1.82) is 0 Å². The van der Waals surface area contributed by atoms with Crippen molar-refractivity contribution in [3.8, 4) is 11.5 Å². The smallest absolute Gasteiger partial charge is 0.255 e. The van der Waals surface area contributed by atoms with E-state index in [0.29, 0.717) is 28.4 Å². The van der Waals surface area contributed by atoms with Crippen LogP contribution in [0.1, 0.15) is 23.2 Å². The third-order valence-electron chi connectivity index (χ3n) is 4.99. The minimum atomic E-state index is -0.272. The Morgan fingerprint density at radius 3 is 2.59 bits per heavy atom. The lowest BCUT2D eigenvalue weighted by Crippen LogP contribution is -2.43. The number of nitrogens with zero attached hydrogens (tertiary/aromatic N) is 1. The Labute approximate surface area is 157 Å². The average molecular weight is 367 g/mol. The SMILES string of the molecule is COc1cc(NC(=O)c2ccc3c(c2)NC(=O)[C@H]2CCCN32)cc(OC)c1. The molecule has 2 aromatic rings.